The van der Waals surface area contributed by atoms with Crippen LogP contribution in [0.15, 0.2) is 18.2 Å². The molecule has 0 aromatic heterocycles. The number of hydrogen-bond donors (Lipinski definition) is 2. The molecule has 5 heteroatoms. The molecule has 1 aromatic rings. The van der Waals surface area contributed by atoms with Gasteiger partial charge < -0.3 is 0 Å². The van der Waals surface area contributed by atoms with Gasteiger partial charge in [0.15, 0.2) is 0 Å². The molecule has 0 unspecified atom stereocenters. The Balaban J connectivity index is 2.90. The summed E-state index contributed by atoms with van der Waals surface area (Å²) in [5.74, 6) is 4.37. The molecule has 0 atom stereocenters. The fourth-order valence-electron chi connectivity index (χ4n) is 2.23. The van der Waals surface area contributed by atoms with Crippen molar-refractivity contribution in [3.63, 3.8) is 0 Å². The quantitative estimate of drug-likeness (QED) is 0.471. The summed E-state index contributed by atoms with van der Waals surface area (Å²) in [5, 5.41) is 0. The number of nitrogens with one attached hydrogen (secondary N) is 1. The molecule has 3 N–H and O–H groups in total. The van der Waals surface area contributed by atoms with Crippen LogP contribution in [0.4, 0.5) is 4.39 Å². The van der Waals surface area contributed by atoms with Gasteiger partial charge in [0.05, 0.1) is 0 Å². The van der Waals surface area contributed by atoms with Crippen molar-refractivity contribution < 1.29 is 9.18 Å². The maximum absolute atomic E-state index is 13.8. The molecule has 19 heavy (non-hydrogen) atoms. The highest BCUT2D eigenvalue weighted by molar-refractivity contribution is 5.93. The molecule has 0 saturated heterocycles. The van der Waals surface area contributed by atoms with E-state index in [0.717, 1.165) is 12.8 Å². The lowest BCUT2D eigenvalue weighted by molar-refractivity contribution is 0.0953. The van der Waals surface area contributed by atoms with E-state index < -0.39 is 5.91 Å². The number of amides is 1. The molecule has 0 aliphatic heterocycles. The maximum atomic E-state index is 13.8. The Labute approximate surface area is 113 Å². The Bertz CT molecular complexity index is 433. The van der Waals surface area contributed by atoms with Crippen LogP contribution >= 0.6 is 0 Å². The summed E-state index contributed by atoms with van der Waals surface area (Å²) < 4.78 is 13.8. The van der Waals surface area contributed by atoms with Crippen molar-refractivity contribution in [1.82, 2.24) is 10.3 Å². The van der Waals surface area contributed by atoms with Gasteiger partial charge in [0.2, 0.25) is 0 Å². The van der Waals surface area contributed by atoms with Gasteiger partial charge in [-0.1, -0.05) is 13.8 Å². The topological polar surface area (TPSA) is 58.4 Å². The summed E-state index contributed by atoms with van der Waals surface area (Å²) in [7, 11) is 1.97. The summed E-state index contributed by atoms with van der Waals surface area (Å²) in [6.45, 7) is 4.70. The molecule has 1 aromatic carbocycles. The van der Waals surface area contributed by atoms with Crippen LogP contribution < -0.4 is 11.3 Å². The highest BCUT2D eigenvalue weighted by Crippen LogP contribution is 2.16. The second-order valence-electron chi connectivity index (χ2n) is 4.67. The molecule has 1 amide bonds. The Morgan fingerprint density at radius 2 is 2.05 bits per heavy atom. The lowest BCUT2D eigenvalue weighted by atomic mass is 10.1. The number of carbonyl (C=O) groups is 1. The van der Waals surface area contributed by atoms with Gasteiger partial charge in [-0.25, -0.2) is 10.2 Å². The number of nitrogen functional groups attached to an aromatic ring is 1. The fourth-order valence-corrected chi connectivity index (χ4v) is 2.23. The molecule has 4 nitrogen and oxygen atoms in total. The standard InChI is InChI=1S/C14H22FN3O/c1-4-12(5-2)18(3)9-11-8-10(14(19)17-16)6-7-13(11)15/h6-8,12H,4-5,9,16H2,1-3H3,(H,17,19). The molecule has 0 fully saturated rings. The number of nitrogens with two attached hydrogens (primary N) is 1. The highest BCUT2D eigenvalue weighted by atomic mass is 19.1. The highest BCUT2D eigenvalue weighted by Gasteiger charge is 2.14. The van der Waals surface area contributed by atoms with E-state index in [-0.39, 0.29) is 5.82 Å². The Kier molecular flexibility index (Phi) is 5.92. The van der Waals surface area contributed by atoms with Gasteiger partial charge in [-0.15, -0.1) is 0 Å². The third kappa shape index (κ3) is 4.01. The molecule has 106 valence electrons. The van der Waals surface area contributed by atoms with Gasteiger partial charge in [0, 0.05) is 23.7 Å². The van der Waals surface area contributed by atoms with Crippen LogP contribution in [0.3, 0.4) is 0 Å². The minimum absolute atomic E-state index is 0.300. The fraction of sp³-hybridized carbons (Fsp3) is 0.500. The van der Waals surface area contributed by atoms with Gasteiger partial charge in [0.1, 0.15) is 5.82 Å². The van der Waals surface area contributed by atoms with Gasteiger partial charge in [0.25, 0.3) is 5.91 Å². The van der Waals surface area contributed by atoms with Crippen LogP contribution in [0.25, 0.3) is 0 Å². The van der Waals surface area contributed by atoms with E-state index in [4.69, 9.17) is 5.84 Å². The molecule has 1 rings (SSSR count). The number of carbonyl (C=O) groups excluding carboxylic acids is 1. The predicted molar refractivity (Wildman–Crippen MR) is 73.9 cm³/mol. The largest absolute Gasteiger partial charge is 0.299 e. The first kappa shape index (κ1) is 15.6. The number of rotatable bonds is 6. The number of hydrazine groups is 1. The van der Waals surface area contributed by atoms with Crippen molar-refractivity contribution in [3.05, 3.63) is 35.1 Å². The summed E-state index contributed by atoms with van der Waals surface area (Å²) in [6.07, 6.45) is 2.02. The van der Waals surface area contributed by atoms with Gasteiger partial charge >= 0.3 is 0 Å². The molecule has 0 heterocycles. The average molecular weight is 267 g/mol. The first-order chi connectivity index (χ1) is 9.03. The van der Waals surface area contributed by atoms with E-state index in [2.05, 4.69) is 24.2 Å². The average Bonchev–Trinajstić information content (AvgIpc) is 2.41. The van der Waals surface area contributed by atoms with Crippen molar-refractivity contribution >= 4 is 5.91 Å². The Morgan fingerprint density at radius 3 is 2.58 bits per heavy atom. The first-order valence-corrected chi connectivity index (χ1v) is 6.53. The third-order valence-electron chi connectivity index (χ3n) is 3.42. The third-order valence-corrected chi connectivity index (χ3v) is 3.42. The smallest absolute Gasteiger partial charge is 0.265 e. The molecule has 0 radical (unpaired) electrons. The van der Waals surface area contributed by atoms with E-state index in [9.17, 15) is 9.18 Å². The summed E-state index contributed by atoms with van der Waals surface area (Å²) in [4.78, 5) is 13.5. The Hall–Kier alpha value is -1.46. The van der Waals surface area contributed by atoms with E-state index in [1.807, 2.05) is 7.05 Å². The second-order valence-corrected chi connectivity index (χ2v) is 4.67. The van der Waals surface area contributed by atoms with Crippen molar-refractivity contribution in [2.45, 2.75) is 39.3 Å². The van der Waals surface area contributed by atoms with Crippen molar-refractivity contribution in [1.29, 1.82) is 0 Å². The summed E-state index contributed by atoms with van der Waals surface area (Å²) in [5.41, 5.74) is 2.93. The lowest BCUT2D eigenvalue weighted by Crippen LogP contribution is -2.31. The minimum Gasteiger partial charge on any atom is -0.299 e. The molecular weight excluding hydrogens is 245 g/mol. The number of hydrogen-bond acceptors (Lipinski definition) is 3. The van der Waals surface area contributed by atoms with Crippen molar-refractivity contribution in [3.8, 4) is 0 Å². The number of halogens is 1. The molecule has 0 aliphatic rings. The molecule has 0 spiro atoms. The lowest BCUT2D eigenvalue weighted by Gasteiger charge is -2.26. The van der Waals surface area contributed by atoms with E-state index in [0.29, 0.717) is 23.7 Å². The molecule has 0 saturated carbocycles. The van der Waals surface area contributed by atoms with Crippen molar-refractivity contribution in [2.75, 3.05) is 7.05 Å². The molecular formula is C14H22FN3O. The van der Waals surface area contributed by atoms with Crippen LogP contribution in [0.2, 0.25) is 0 Å². The van der Waals surface area contributed by atoms with Crippen LogP contribution in [0, 0.1) is 5.82 Å². The Morgan fingerprint density at radius 1 is 1.42 bits per heavy atom. The maximum Gasteiger partial charge on any atom is 0.265 e. The summed E-state index contributed by atoms with van der Waals surface area (Å²) in [6, 6.07) is 4.70. The van der Waals surface area contributed by atoms with Crippen LogP contribution in [-0.2, 0) is 6.54 Å². The van der Waals surface area contributed by atoms with Gasteiger partial charge in [-0.05, 0) is 38.1 Å². The zero-order valence-electron chi connectivity index (χ0n) is 11.7. The van der Waals surface area contributed by atoms with Gasteiger partial charge in [-0.3, -0.25) is 15.1 Å². The monoisotopic (exact) mass is 267 g/mol. The normalized spacial score (nSPS) is 11.1. The van der Waals surface area contributed by atoms with Crippen LogP contribution in [-0.4, -0.2) is 23.9 Å². The summed E-state index contributed by atoms with van der Waals surface area (Å²) >= 11 is 0. The zero-order chi connectivity index (χ0) is 14.4. The van der Waals surface area contributed by atoms with Gasteiger partial charge in [-0.2, -0.15) is 0 Å². The van der Waals surface area contributed by atoms with Crippen molar-refractivity contribution in [2.24, 2.45) is 5.84 Å². The number of benzene rings is 1. The molecule has 0 bridgehead atoms. The first-order valence-electron chi connectivity index (χ1n) is 6.53. The number of nitrogens with zero attached hydrogens (tertiary/aromatic N) is 1. The molecule has 0 aliphatic carbocycles. The van der Waals surface area contributed by atoms with E-state index in [1.54, 1.807) is 6.07 Å². The zero-order valence-corrected chi connectivity index (χ0v) is 11.7. The second kappa shape index (κ2) is 7.21. The minimum atomic E-state index is -0.411. The SMILES string of the molecule is CCC(CC)N(C)Cc1cc(C(=O)NN)ccc1F. The van der Waals surface area contributed by atoms with Crippen LogP contribution in [0.5, 0.6) is 0 Å². The van der Waals surface area contributed by atoms with E-state index in [1.165, 1.54) is 12.1 Å². The van der Waals surface area contributed by atoms with E-state index >= 15 is 0 Å². The van der Waals surface area contributed by atoms with Crippen LogP contribution in [0.1, 0.15) is 42.6 Å². The predicted octanol–water partition coefficient (Wildman–Crippen LogP) is 2.05.